The zero-order valence-corrected chi connectivity index (χ0v) is 20.3. The monoisotopic (exact) mass is 431 g/mol. The molecule has 3 aromatic heterocycles. The first-order chi connectivity index (χ1) is 16.0. The Morgan fingerprint density at radius 1 is 0.818 bits per heavy atom. The summed E-state index contributed by atoms with van der Waals surface area (Å²) in [7, 11) is 2.22. The fourth-order valence-corrected chi connectivity index (χ4v) is 6.95. The van der Waals surface area contributed by atoms with E-state index in [-0.39, 0.29) is 0 Å². The van der Waals surface area contributed by atoms with Crippen LogP contribution in [0.25, 0.3) is 49.0 Å². The van der Waals surface area contributed by atoms with Gasteiger partial charge in [-0.1, -0.05) is 30.5 Å². The molecule has 0 radical (unpaired) electrons. The summed E-state index contributed by atoms with van der Waals surface area (Å²) >= 11 is 0. The zero-order chi connectivity index (χ0) is 22.6. The summed E-state index contributed by atoms with van der Waals surface area (Å²) in [5, 5.41) is 7.15. The van der Waals surface area contributed by atoms with Gasteiger partial charge in [0, 0.05) is 16.8 Å². The Morgan fingerprint density at radius 3 is 2.39 bits per heavy atom. The van der Waals surface area contributed by atoms with Crippen LogP contribution in [-0.4, -0.2) is 4.40 Å². The third kappa shape index (κ3) is 2.37. The van der Waals surface area contributed by atoms with E-state index in [9.17, 15) is 0 Å². The third-order valence-corrected chi connectivity index (χ3v) is 8.58. The number of nitrogens with zero attached hydrogens (tertiary/aromatic N) is 2. The lowest BCUT2D eigenvalue weighted by Gasteiger charge is -2.18. The molecule has 1 fully saturated rings. The van der Waals surface area contributed by atoms with Gasteiger partial charge >= 0.3 is 0 Å². The van der Waals surface area contributed by atoms with E-state index in [0.29, 0.717) is 5.92 Å². The molecule has 0 bridgehead atoms. The van der Waals surface area contributed by atoms with Crippen molar-refractivity contribution in [2.75, 3.05) is 0 Å². The van der Waals surface area contributed by atoms with E-state index < -0.39 is 0 Å². The van der Waals surface area contributed by atoms with Crippen molar-refractivity contribution in [3.05, 3.63) is 70.4 Å². The summed E-state index contributed by atoms with van der Waals surface area (Å²) < 4.78 is 4.98. The summed E-state index contributed by atoms with van der Waals surface area (Å²) in [5.41, 5.74) is 12.6. The standard InChI is InChI=1S/C31H31N2/c1-17-10-11-25-24(14-17)28-23(21-8-6-7-9-21)16-22-12-13-32(5)30-26-20(4)18(2)15-19(3)29(26)33(25)31(28)27(22)30/h10-16,21H,6-9H2,1-5H3/q+1. The summed E-state index contributed by atoms with van der Waals surface area (Å²) in [5.74, 6) is 0.675. The largest absolute Gasteiger partial charge is 0.307 e. The maximum absolute atomic E-state index is 2.62. The SMILES string of the molecule is Cc1ccc2c(c1)c1c(C3CCCC3)cc3cc[n+](C)c4c5c(C)c(C)cc(C)c5n2c1c34. The van der Waals surface area contributed by atoms with Crippen LogP contribution >= 0.6 is 0 Å². The van der Waals surface area contributed by atoms with Gasteiger partial charge < -0.3 is 4.40 Å². The Hall–Kier alpha value is -3.13. The molecular weight excluding hydrogens is 400 g/mol. The Kier molecular flexibility index (Phi) is 3.79. The average Bonchev–Trinajstić information content (AvgIpc) is 3.44. The fraction of sp³-hybridized carbons (Fsp3) is 0.323. The van der Waals surface area contributed by atoms with Crippen LogP contribution in [0.15, 0.2) is 42.6 Å². The maximum Gasteiger partial charge on any atom is 0.224 e. The summed E-state index contributed by atoms with van der Waals surface area (Å²) in [6, 6.07) is 14.3. The van der Waals surface area contributed by atoms with Crippen molar-refractivity contribution in [1.82, 2.24) is 4.40 Å². The quantitative estimate of drug-likeness (QED) is 0.143. The molecule has 0 N–H and O–H groups in total. The molecule has 0 saturated heterocycles. The summed E-state index contributed by atoms with van der Waals surface area (Å²) in [6.45, 7) is 9.09. The molecule has 3 heterocycles. The van der Waals surface area contributed by atoms with Gasteiger partial charge in [0.25, 0.3) is 0 Å². The van der Waals surface area contributed by atoms with Crippen LogP contribution < -0.4 is 4.57 Å². The number of rotatable bonds is 1. The first kappa shape index (κ1) is 19.3. The minimum Gasteiger partial charge on any atom is -0.307 e. The second kappa shape index (κ2) is 6.47. The predicted molar refractivity (Wildman–Crippen MR) is 140 cm³/mol. The van der Waals surface area contributed by atoms with Crippen LogP contribution in [0.4, 0.5) is 0 Å². The van der Waals surface area contributed by atoms with Gasteiger partial charge in [-0.05, 0) is 92.3 Å². The topological polar surface area (TPSA) is 8.29 Å². The second-order valence-electron chi connectivity index (χ2n) is 10.6. The van der Waals surface area contributed by atoms with Crippen LogP contribution in [-0.2, 0) is 7.05 Å². The molecule has 1 saturated carbocycles. The van der Waals surface area contributed by atoms with Crippen molar-refractivity contribution in [3.8, 4) is 0 Å². The van der Waals surface area contributed by atoms with Crippen molar-refractivity contribution in [3.63, 3.8) is 0 Å². The number of fused-ring (bicyclic) bond motifs is 6. The number of hydrogen-bond acceptors (Lipinski definition) is 0. The number of pyridine rings is 2. The Balaban J connectivity index is 1.90. The van der Waals surface area contributed by atoms with Gasteiger partial charge in [0.1, 0.15) is 7.05 Å². The summed E-state index contributed by atoms with van der Waals surface area (Å²) in [6.07, 6.45) is 7.63. The molecule has 3 aromatic carbocycles. The van der Waals surface area contributed by atoms with E-state index in [1.54, 1.807) is 5.56 Å². The first-order valence-electron chi connectivity index (χ1n) is 12.5. The molecule has 164 valence electrons. The molecule has 1 aliphatic carbocycles. The van der Waals surface area contributed by atoms with E-state index in [4.69, 9.17) is 0 Å². The molecule has 0 aliphatic heterocycles. The lowest BCUT2D eigenvalue weighted by molar-refractivity contribution is -0.643. The smallest absolute Gasteiger partial charge is 0.224 e. The van der Waals surface area contributed by atoms with Gasteiger partial charge in [-0.15, -0.1) is 0 Å². The zero-order valence-electron chi connectivity index (χ0n) is 20.3. The Morgan fingerprint density at radius 2 is 1.61 bits per heavy atom. The summed E-state index contributed by atoms with van der Waals surface area (Å²) in [4.78, 5) is 0. The number of benzene rings is 3. The van der Waals surface area contributed by atoms with Crippen LogP contribution in [0.2, 0.25) is 0 Å². The lowest BCUT2D eigenvalue weighted by atomic mass is 9.88. The molecule has 6 aromatic rings. The van der Waals surface area contributed by atoms with E-state index in [2.05, 4.69) is 86.3 Å². The second-order valence-corrected chi connectivity index (χ2v) is 10.6. The van der Waals surface area contributed by atoms with E-state index in [0.717, 1.165) is 0 Å². The minimum atomic E-state index is 0.675. The van der Waals surface area contributed by atoms with Gasteiger partial charge in [-0.2, -0.15) is 0 Å². The van der Waals surface area contributed by atoms with Crippen LogP contribution in [0, 0.1) is 27.7 Å². The predicted octanol–water partition coefficient (Wildman–Crippen LogP) is 7.71. The minimum absolute atomic E-state index is 0.675. The van der Waals surface area contributed by atoms with Crippen molar-refractivity contribution in [1.29, 1.82) is 0 Å². The van der Waals surface area contributed by atoms with Gasteiger partial charge in [-0.3, -0.25) is 0 Å². The molecular formula is C31H31N2+. The average molecular weight is 432 g/mol. The van der Waals surface area contributed by atoms with Crippen molar-refractivity contribution >= 4 is 49.0 Å². The van der Waals surface area contributed by atoms with E-state index in [1.165, 1.54) is 96.9 Å². The number of aromatic nitrogens is 2. The Labute approximate surface area is 194 Å². The highest BCUT2D eigenvalue weighted by molar-refractivity contribution is 6.28. The van der Waals surface area contributed by atoms with Gasteiger partial charge in [-0.25, -0.2) is 4.57 Å². The van der Waals surface area contributed by atoms with Crippen molar-refractivity contribution < 1.29 is 4.57 Å². The number of hydrogen-bond donors (Lipinski definition) is 0. The van der Waals surface area contributed by atoms with Crippen molar-refractivity contribution in [2.45, 2.75) is 59.3 Å². The maximum atomic E-state index is 2.62. The highest BCUT2D eigenvalue weighted by atomic mass is 15.0. The molecule has 0 atom stereocenters. The van der Waals surface area contributed by atoms with Gasteiger partial charge in [0.2, 0.25) is 5.52 Å². The molecule has 7 rings (SSSR count). The molecule has 0 unspecified atom stereocenters. The molecule has 2 nitrogen and oxygen atoms in total. The van der Waals surface area contributed by atoms with Crippen LogP contribution in [0.3, 0.4) is 0 Å². The fourth-order valence-electron chi connectivity index (χ4n) is 6.95. The van der Waals surface area contributed by atoms with Gasteiger partial charge in [0.05, 0.1) is 27.3 Å². The normalized spacial score (nSPS) is 15.4. The van der Waals surface area contributed by atoms with Crippen LogP contribution in [0.5, 0.6) is 0 Å². The molecule has 2 heteroatoms. The number of aryl methyl sites for hydroxylation is 5. The van der Waals surface area contributed by atoms with Crippen molar-refractivity contribution in [2.24, 2.45) is 7.05 Å². The van der Waals surface area contributed by atoms with Crippen LogP contribution in [0.1, 0.15) is 59.4 Å². The molecule has 1 aliphatic rings. The molecule has 0 spiro atoms. The first-order valence-corrected chi connectivity index (χ1v) is 12.5. The van der Waals surface area contributed by atoms with Gasteiger partial charge in [0.15, 0.2) is 6.20 Å². The Bertz CT molecular complexity index is 1760. The van der Waals surface area contributed by atoms with E-state index >= 15 is 0 Å². The lowest BCUT2D eigenvalue weighted by Crippen LogP contribution is -2.29. The third-order valence-electron chi connectivity index (χ3n) is 8.58. The highest BCUT2D eigenvalue weighted by Gasteiger charge is 2.29. The highest BCUT2D eigenvalue weighted by Crippen LogP contribution is 2.47. The molecule has 0 amide bonds. The van der Waals surface area contributed by atoms with E-state index in [1.807, 2.05) is 0 Å². The molecule has 33 heavy (non-hydrogen) atoms.